The summed E-state index contributed by atoms with van der Waals surface area (Å²) in [5.41, 5.74) is 3.04. The highest BCUT2D eigenvalue weighted by Crippen LogP contribution is 2.34. The van der Waals surface area contributed by atoms with Crippen molar-refractivity contribution in [3.05, 3.63) is 88.8 Å². The number of pyridine rings is 1. The van der Waals surface area contributed by atoms with Crippen LogP contribution in [0.5, 0.6) is 5.75 Å². The number of fused-ring (bicyclic) bond motifs is 1. The largest absolute Gasteiger partial charge is 0.497 e. The van der Waals surface area contributed by atoms with Crippen LogP contribution in [0.2, 0.25) is 0 Å². The molecular formula is C22H17NO3S. The molecule has 0 amide bonds. The maximum Gasteiger partial charge on any atom is 0.201 e. The lowest BCUT2D eigenvalue weighted by Crippen LogP contribution is -2.07. The highest BCUT2D eigenvalue weighted by atomic mass is 32.2. The van der Waals surface area contributed by atoms with E-state index in [2.05, 4.69) is 4.98 Å². The first-order chi connectivity index (χ1) is 13.3. The average Bonchev–Trinajstić information content (AvgIpc) is 2.73. The molecule has 0 aliphatic rings. The molecule has 0 saturated heterocycles. The summed E-state index contributed by atoms with van der Waals surface area (Å²) in [6.07, 6.45) is 3.52. The molecule has 0 saturated carbocycles. The van der Waals surface area contributed by atoms with Crippen LogP contribution in [-0.2, 0) is 5.75 Å². The summed E-state index contributed by atoms with van der Waals surface area (Å²) >= 11 is 1.50. The van der Waals surface area contributed by atoms with Crippen LogP contribution in [0, 0.1) is 0 Å². The van der Waals surface area contributed by atoms with Gasteiger partial charge in [-0.3, -0.25) is 9.78 Å². The molecule has 0 unspecified atom stereocenters. The summed E-state index contributed by atoms with van der Waals surface area (Å²) in [5.74, 6) is 1.34. The second-order valence-corrected chi connectivity index (χ2v) is 6.91. The number of rotatable bonds is 5. The zero-order valence-electron chi connectivity index (χ0n) is 14.7. The first kappa shape index (κ1) is 17.4. The van der Waals surface area contributed by atoms with Gasteiger partial charge < -0.3 is 9.15 Å². The average molecular weight is 375 g/mol. The Hall–Kier alpha value is -3.05. The van der Waals surface area contributed by atoms with Gasteiger partial charge in [0.2, 0.25) is 5.43 Å². The van der Waals surface area contributed by atoms with Crippen molar-refractivity contribution in [2.45, 2.75) is 10.8 Å². The highest BCUT2D eigenvalue weighted by Gasteiger charge is 2.17. The summed E-state index contributed by atoms with van der Waals surface area (Å²) in [7, 11) is 1.59. The van der Waals surface area contributed by atoms with Crippen LogP contribution in [0.3, 0.4) is 0 Å². The molecule has 2 heterocycles. The van der Waals surface area contributed by atoms with Gasteiger partial charge in [0.25, 0.3) is 0 Å². The van der Waals surface area contributed by atoms with Gasteiger partial charge >= 0.3 is 0 Å². The van der Waals surface area contributed by atoms with Crippen LogP contribution < -0.4 is 10.2 Å². The minimum absolute atomic E-state index is 0.0395. The first-order valence-corrected chi connectivity index (χ1v) is 9.47. The number of ether oxygens (including phenoxy) is 1. The van der Waals surface area contributed by atoms with E-state index in [1.807, 2.05) is 42.5 Å². The maximum atomic E-state index is 13.2. The van der Waals surface area contributed by atoms with Crippen molar-refractivity contribution in [2.24, 2.45) is 0 Å². The molecule has 0 bridgehead atoms. The van der Waals surface area contributed by atoms with Crippen molar-refractivity contribution in [1.29, 1.82) is 0 Å². The minimum Gasteiger partial charge on any atom is -0.497 e. The fraction of sp³-hybridized carbons (Fsp3) is 0.0909. The summed E-state index contributed by atoms with van der Waals surface area (Å²) in [5, 5.41) is 1.15. The SMILES string of the molecule is COc1ccc2c(=O)c(-c3ccccc3)c(SCc3ccncc3)oc2c1. The van der Waals surface area contributed by atoms with Crippen molar-refractivity contribution in [3.63, 3.8) is 0 Å². The van der Waals surface area contributed by atoms with Gasteiger partial charge in [-0.05, 0) is 35.4 Å². The Balaban J connectivity index is 1.86. The topological polar surface area (TPSA) is 52.3 Å². The molecule has 0 aliphatic carbocycles. The molecule has 0 atom stereocenters. The van der Waals surface area contributed by atoms with E-state index in [9.17, 15) is 4.79 Å². The van der Waals surface area contributed by atoms with E-state index in [1.165, 1.54) is 11.8 Å². The summed E-state index contributed by atoms with van der Waals surface area (Å²) < 4.78 is 11.4. The van der Waals surface area contributed by atoms with Gasteiger partial charge in [-0.25, -0.2) is 0 Å². The lowest BCUT2D eigenvalue weighted by molar-refractivity contribution is 0.413. The van der Waals surface area contributed by atoms with Crippen LogP contribution in [-0.4, -0.2) is 12.1 Å². The summed E-state index contributed by atoms with van der Waals surface area (Å²) in [6, 6.07) is 18.8. The normalized spacial score (nSPS) is 10.9. The molecule has 0 spiro atoms. The smallest absolute Gasteiger partial charge is 0.201 e. The van der Waals surface area contributed by atoms with Gasteiger partial charge in [0.05, 0.1) is 18.1 Å². The number of thioether (sulfide) groups is 1. The van der Waals surface area contributed by atoms with Crippen LogP contribution in [0.15, 0.2) is 87.4 Å². The molecule has 2 aromatic heterocycles. The number of methoxy groups -OCH3 is 1. The number of aromatic nitrogens is 1. The van der Waals surface area contributed by atoms with Crippen molar-refractivity contribution in [2.75, 3.05) is 7.11 Å². The minimum atomic E-state index is -0.0395. The quantitative estimate of drug-likeness (QED) is 0.451. The van der Waals surface area contributed by atoms with E-state index in [1.54, 1.807) is 37.7 Å². The van der Waals surface area contributed by atoms with Gasteiger partial charge in [0.1, 0.15) is 11.3 Å². The van der Waals surface area contributed by atoms with Crippen LogP contribution in [0.1, 0.15) is 5.56 Å². The van der Waals surface area contributed by atoms with Crippen molar-refractivity contribution < 1.29 is 9.15 Å². The Morgan fingerprint density at radius 2 is 1.81 bits per heavy atom. The fourth-order valence-corrected chi connectivity index (χ4v) is 3.86. The second kappa shape index (κ2) is 7.68. The van der Waals surface area contributed by atoms with Crippen LogP contribution in [0.25, 0.3) is 22.1 Å². The van der Waals surface area contributed by atoms with E-state index in [4.69, 9.17) is 9.15 Å². The number of nitrogens with zero attached hydrogens (tertiary/aromatic N) is 1. The Morgan fingerprint density at radius 3 is 2.56 bits per heavy atom. The predicted molar refractivity (Wildman–Crippen MR) is 108 cm³/mol. The molecule has 0 N–H and O–H groups in total. The first-order valence-electron chi connectivity index (χ1n) is 8.48. The van der Waals surface area contributed by atoms with E-state index in [-0.39, 0.29) is 5.43 Å². The number of hydrogen-bond donors (Lipinski definition) is 0. The highest BCUT2D eigenvalue weighted by molar-refractivity contribution is 7.98. The maximum absolute atomic E-state index is 13.2. The van der Waals surface area contributed by atoms with Gasteiger partial charge in [0.15, 0.2) is 5.09 Å². The molecule has 0 aliphatic heterocycles. The standard InChI is InChI=1S/C22H17NO3S/c1-25-17-7-8-18-19(13-17)26-22(27-14-15-9-11-23-12-10-15)20(21(18)24)16-5-3-2-4-6-16/h2-13H,14H2,1H3. The summed E-state index contributed by atoms with van der Waals surface area (Å²) in [4.78, 5) is 17.3. The molecule has 4 rings (SSSR count). The zero-order valence-corrected chi connectivity index (χ0v) is 15.5. The van der Waals surface area contributed by atoms with Gasteiger partial charge in [-0.15, -0.1) is 0 Å². The van der Waals surface area contributed by atoms with E-state index in [0.29, 0.717) is 33.1 Å². The third-order valence-electron chi connectivity index (χ3n) is 4.25. The molecule has 2 aromatic carbocycles. The fourth-order valence-electron chi connectivity index (χ4n) is 2.86. The molecular weight excluding hydrogens is 358 g/mol. The Bertz CT molecular complexity index is 1120. The van der Waals surface area contributed by atoms with Crippen molar-refractivity contribution in [3.8, 4) is 16.9 Å². The van der Waals surface area contributed by atoms with Crippen LogP contribution in [0.4, 0.5) is 0 Å². The molecule has 27 heavy (non-hydrogen) atoms. The molecule has 4 nitrogen and oxygen atoms in total. The third kappa shape index (κ3) is 3.59. The lowest BCUT2D eigenvalue weighted by atomic mass is 10.1. The van der Waals surface area contributed by atoms with Gasteiger partial charge in [-0.1, -0.05) is 42.1 Å². The second-order valence-electron chi connectivity index (χ2n) is 5.97. The van der Waals surface area contributed by atoms with Gasteiger partial charge in [-0.2, -0.15) is 0 Å². The van der Waals surface area contributed by atoms with Gasteiger partial charge in [0, 0.05) is 24.2 Å². The Labute approximate surface area is 160 Å². The van der Waals surface area contributed by atoms with Crippen molar-refractivity contribution >= 4 is 22.7 Å². The zero-order chi connectivity index (χ0) is 18.6. The predicted octanol–water partition coefficient (Wildman–Crippen LogP) is 5.16. The van der Waals surface area contributed by atoms with E-state index >= 15 is 0 Å². The lowest BCUT2D eigenvalue weighted by Gasteiger charge is -2.11. The molecule has 4 aromatic rings. The number of benzene rings is 2. The van der Waals surface area contributed by atoms with E-state index in [0.717, 1.165) is 11.1 Å². The molecule has 134 valence electrons. The monoisotopic (exact) mass is 375 g/mol. The van der Waals surface area contributed by atoms with E-state index < -0.39 is 0 Å². The molecule has 0 radical (unpaired) electrons. The van der Waals surface area contributed by atoms with Crippen molar-refractivity contribution in [1.82, 2.24) is 4.98 Å². The third-order valence-corrected chi connectivity index (χ3v) is 5.28. The Morgan fingerprint density at radius 1 is 1.04 bits per heavy atom. The number of hydrogen-bond acceptors (Lipinski definition) is 5. The summed E-state index contributed by atoms with van der Waals surface area (Å²) in [6.45, 7) is 0. The Kier molecular flexibility index (Phi) is 4.94. The molecule has 5 heteroatoms. The molecule has 0 fully saturated rings. The van der Waals surface area contributed by atoms with Crippen LogP contribution >= 0.6 is 11.8 Å².